The Balaban J connectivity index is 0.000000194. The highest BCUT2D eigenvalue weighted by molar-refractivity contribution is 6.31. The molecular weight excluding hydrogens is 677 g/mol. The number of aliphatic imine (C=N–C) groups is 2. The third-order valence-corrected chi connectivity index (χ3v) is 8.37. The molecule has 0 saturated carbocycles. The molecule has 0 unspecified atom stereocenters. The Labute approximate surface area is 301 Å². The molecule has 50 heavy (non-hydrogen) atoms. The van der Waals surface area contributed by atoms with E-state index in [9.17, 15) is 9.59 Å². The van der Waals surface area contributed by atoms with Gasteiger partial charge in [0, 0.05) is 32.7 Å². The number of nitrogens with one attached hydrogen (secondary N) is 3. The molecule has 0 aliphatic carbocycles. The zero-order valence-electron chi connectivity index (χ0n) is 27.3. The number of aryl methyl sites for hydroxylation is 2. The fourth-order valence-corrected chi connectivity index (χ4v) is 5.44. The summed E-state index contributed by atoms with van der Waals surface area (Å²) in [7, 11) is 0. The standard InChI is InChI=1S/C19H20ClN3O2.C18H19ClN4O2/c20-15-8-6-14(7-9-15)18(24)22-16-10-4-13(5-11-16)2-1-3-17-12-25-19(21)23-17;19-13-4-9-15(10-5-13)23-18(24)22-14-6-1-12(2-7-14)3-8-16-11-25-17(20)21-16/h4-11,17H,1-3,12H2,(H2,21,23)(H,22,24);1-2,4-7,9-10,16H,3,8,11H2,(H2,20,21)(H2,22,23,24)/t17-;16-/m00/s1. The first kappa shape index (κ1) is 36.0. The highest BCUT2D eigenvalue weighted by Crippen LogP contribution is 2.18. The molecule has 2 heterocycles. The zero-order valence-corrected chi connectivity index (χ0v) is 28.8. The molecule has 3 amide bonds. The van der Waals surface area contributed by atoms with E-state index in [1.165, 1.54) is 11.1 Å². The van der Waals surface area contributed by atoms with Gasteiger partial charge in [0.15, 0.2) is 0 Å². The Morgan fingerprint density at radius 1 is 0.620 bits per heavy atom. The average molecular weight is 717 g/mol. The lowest BCUT2D eigenvalue weighted by atomic mass is 10.0. The van der Waals surface area contributed by atoms with Crippen molar-refractivity contribution in [1.29, 1.82) is 0 Å². The molecule has 0 bridgehead atoms. The predicted octanol–water partition coefficient (Wildman–Crippen LogP) is 7.26. The van der Waals surface area contributed by atoms with Crippen LogP contribution in [0.2, 0.25) is 10.0 Å². The van der Waals surface area contributed by atoms with E-state index < -0.39 is 0 Å². The SMILES string of the molecule is NC1=N[C@@H](CCCc2ccc(NC(=O)c3ccc(Cl)cc3)cc2)CO1.NC1=N[C@@H](CCc2ccc(NC(=O)Nc3ccc(Cl)cc3)cc2)CO1. The maximum atomic E-state index is 12.2. The molecule has 0 radical (unpaired) electrons. The van der Waals surface area contributed by atoms with Crippen LogP contribution in [0.1, 0.15) is 40.7 Å². The van der Waals surface area contributed by atoms with Gasteiger partial charge in [0.1, 0.15) is 13.2 Å². The Kier molecular flexibility index (Phi) is 12.9. The number of ether oxygens (including phenoxy) is 2. The number of amides is 3. The van der Waals surface area contributed by atoms with Crippen molar-refractivity contribution in [3.63, 3.8) is 0 Å². The number of amidine groups is 2. The quantitative estimate of drug-likeness (QED) is 0.110. The Morgan fingerprint density at radius 2 is 1.06 bits per heavy atom. The van der Waals surface area contributed by atoms with E-state index in [1.807, 2.05) is 48.5 Å². The summed E-state index contributed by atoms with van der Waals surface area (Å²) in [4.78, 5) is 32.6. The van der Waals surface area contributed by atoms with Crippen LogP contribution in [-0.2, 0) is 22.3 Å². The second-order valence-electron chi connectivity index (χ2n) is 11.7. The van der Waals surface area contributed by atoms with Crippen LogP contribution < -0.4 is 27.4 Å². The number of anilines is 3. The van der Waals surface area contributed by atoms with Gasteiger partial charge in [-0.1, -0.05) is 47.5 Å². The minimum atomic E-state index is -0.303. The maximum absolute atomic E-state index is 12.2. The highest BCUT2D eigenvalue weighted by Gasteiger charge is 2.17. The van der Waals surface area contributed by atoms with Gasteiger partial charge in [-0.2, -0.15) is 0 Å². The minimum Gasteiger partial charge on any atom is -0.463 e. The summed E-state index contributed by atoms with van der Waals surface area (Å²) in [6.07, 6.45) is 4.68. The molecule has 0 fully saturated rings. The van der Waals surface area contributed by atoms with E-state index in [1.54, 1.807) is 48.5 Å². The molecule has 11 nitrogen and oxygen atoms in total. The second kappa shape index (κ2) is 17.9. The average Bonchev–Trinajstić information content (AvgIpc) is 3.73. The summed E-state index contributed by atoms with van der Waals surface area (Å²) in [5.41, 5.74) is 16.1. The summed E-state index contributed by atoms with van der Waals surface area (Å²) >= 11 is 11.7. The van der Waals surface area contributed by atoms with Crippen LogP contribution in [0.5, 0.6) is 0 Å². The molecule has 6 rings (SSSR count). The van der Waals surface area contributed by atoms with Gasteiger partial charge in [0.05, 0.1) is 12.1 Å². The van der Waals surface area contributed by atoms with E-state index in [0.717, 1.165) is 43.5 Å². The van der Waals surface area contributed by atoms with Crippen molar-refractivity contribution in [3.8, 4) is 0 Å². The van der Waals surface area contributed by atoms with Crippen LogP contribution >= 0.6 is 23.2 Å². The number of carbonyl (C=O) groups excluding carboxylic acids is 2. The minimum absolute atomic E-state index is 0.128. The Morgan fingerprint density at radius 3 is 1.56 bits per heavy atom. The van der Waals surface area contributed by atoms with Crippen LogP contribution in [0.3, 0.4) is 0 Å². The molecule has 4 aromatic carbocycles. The number of hydrogen-bond acceptors (Lipinski definition) is 8. The molecule has 0 saturated heterocycles. The summed E-state index contributed by atoms with van der Waals surface area (Å²) in [5, 5.41) is 9.66. The number of halogens is 2. The van der Waals surface area contributed by atoms with E-state index in [4.69, 9.17) is 44.1 Å². The normalized spacial score (nSPS) is 16.1. The Bertz CT molecular complexity index is 1780. The number of hydrogen-bond donors (Lipinski definition) is 5. The molecule has 2 aliphatic heterocycles. The number of rotatable bonds is 11. The first-order valence-electron chi connectivity index (χ1n) is 16.2. The van der Waals surface area contributed by atoms with E-state index in [-0.39, 0.29) is 30.0 Å². The van der Waals surface area contributed by atoms with Gasteiger partial charge >= 0.3 is 6.03 Å². The topological polar surface area (TPSA) is 165 Å². The molecule has 4 aromatic rings. The molecular formula is C37H39Cl2N7O4. The Hall–Kier alpha value is -5.26. The van der Waals surface area contributed by atoms with Crippen molar-refractivity contribution >= 4 is 64.2 Å². The highest BCUT2D eigenvalue weighted by atomic mass is 35.5. The summed E-state index contributed by atoms with van der Waals surface area (Å²) in [6, 6.07) is 29.9. The molecule has 2 atom stereocenters. The number of benzene rings is 4. The lowest BCUT2D eigenvalue weighted by Crippen LogP contribution is -2.19. The molecule has 0 spiro atoms. The number of nitrogens with zero attached hydrogens (tertiary/aromatic N) is 2. The molecule has 13 heteroatoms. The fourth-order valence-electron chi connectivity index (χ4n) is 5.18. The van der Waals surface area contributed by atoms with Crippen LogP contribution in [0.4, 0.5) is 21.9 Å². The van der Waals surface area contributed by atoms with Crippen molar-refractivity contribution < 1.29 is 19.1 Å². The van der Waals surface area contributed by atoms with Gasteiger partial charge in [0.2, 0.25) is 0 Å². The van der Waals surface area contributed by atoms with Crippen molar-refractivity contribution in [2.45, 2.75) is 44.2 Å². The van der Waals surface area contributed by atoms with Crippen LogP contribution in [0.25, 0.3) is 0 Å². The van der Waals surface area contributed by atoms with Crippen LogP contribution in [-0.4, -0.2) is 49.3 Å². The third kappa shape index (κ3) is 11.7. The van der Waals surface area contributed by atoms with Gasteiger partial charge < -0.3 is 36.9 Å². The first-order chi connectivity index (χ1) is 24.2. The molecule has 260 valence electrons. The van der Waals surface area contributed by atoms with Gasteiger partial charge in [-0.05, 0) is 116 Å². The molecule has 2 aliphatic rings. The smallest absolute Gasteiger partial charge is 0.323 e. The summed E-state index contributed by atoms with van der Waals surface area (Å²) in [6.45, 7) is 1.14. The monoisotopic (exact) mass is 715 g/mol. The van der Waals surface area contributed by atoms with E-state index in [2.05, 4.69) is 25.9 Å². The second-order valence-corrected chi connectivity index (χ2v) is 12.6. The summed E-state index contributed by atoms with van der Waals surface area (Å²) < 4.78 is 10.3. The first-order valence-corrected chi connectivity index (χ1v) is 16.9. The molecule has 0 aromatic heterocycles. The molecule has 7 N–H and O–H groups in total. The van der Waals surface area contributed by atoms with Crippen LogP contribution in [0.15, 0.2) is 107 Å². The van der Waals surface area contributed by atoms with Gasteiger partial charge in [-0.15, -0.1) is 0 Å². The number of urea groups is 1. The van der Waals surface area contributed by atoms with E-state index >= 15 is 0 Å². The van der Waals surface area contributed by atoms with Gasteiger partial charge in [-0.25, -0.2) is 14.8 Å². The van der Waals surface area contributed by atoms with E-state index in [0.29, 0.717) is 40.5 Å². The van der Waals surface area contributed by atoms with Crippen molar-refractivity contribution in [3.05, 3.63) is 124 Å². The third-order valence-electron chi connectivity index (χ3n) is 7.87. The predicted molar refractivity (Wildman–Crippen MR) is 200 cm³/mol. The van der Waals surface area contributed by atoms with Gasteiger partial charge in [-0.3, -0.25) is 4.79 Å². The van der Waals surface area contributed by atoms with Crippen LogP contribution in [0, 0.1) is 0 Å². The maximum Gasteiger partial charge on any atom is 0.323 e. The van der Waals surface area contributed by atoms with Crippen molar-refractivity contribution in [1.82, 2.24) is 0 Å². The number of carbonyl (C=O) groups is 2. The van der Waals surface area contributed by atoms with Crippen molar-refractivity contribution in [2.75, 3.05) is 29.2 Å². The van der Waals surface area contributed by atoms with Crippen molar-refractivity contribution in [2.24, 2.45) is 21.5 Å². The number of nitrogens with two attached hydrogens (primary N) is 2. The largest absolute Gasteiger partial charge is 0.463 e. The lowest BCUT2D eigenvalue weighted by Gasteiger charge is -2.09. The summed E-state index contributed by atoms with van der Waals surface area (Å²) in [5.74, 6) is -0.152. The lowest BCUT2D eigenvalue weighted by molar-refractivity contribution is 0.102. The zero-order chi connectivity index (χ0) is 35.3. The van der Waals surface area contributed by atoms with Gasteiger partial charge in [0.25, 0.3) is 18.0 Å². The fraction of sp³-hybridized carbons (Fsp3) is 0.243.